The van der Waals surface area contributed by atoms with Crippen LogP contribution in [0.5, 0.6) is 0 Å². The summed E-state index contributed by atoms with van der Waals surface area (Å²) < 4.78 is 1.75. The number of benzene rings is 1. The van der Waals surface area contributed by atoms with Gasteiger partial charge in [-0.1, -0.05) is 12.1 Å². The first-order valence-corrected chi connectivity index (χ1v) is 4.19. The van der Waals surface area contributed by atoms with E-state index in [4.69, 9.17) is 11.5 Å². The Morgan fingerprint density at radius 1 is 1.43 bits per heavy atom. The van der Waals surface area contributed by atoms with Crippen molar-refractivity contribution in [3.8, 4) is 0 Å². The minimum absolute atomic E-state index is 0.0544. The molecule has 5 heteroatoms. The molecule has 0 fully saturated rings. The first-order valence-electron chi connectivity index (χ1n) is 4.19. The first-order chi connectivity index (χ1) is 6.68. The fourth-order valence-electron chi connectivity index (χ4n) is 1.44. The van der Waals surface area contributed by atoms with E-state index in [1.54, 1.807) is 10.9 Å². The summed E-state index contributed by atoms with van der Waals surface area (Å²) >= 11 is 0. The van der Waals surface area contributed by atoms with Crippen LogP contribution in [0.15, 0.2) is 29.4 Å². The molecule has 2 rings (SSSR count). The summed E-state index contributed by atoms with van der Waals surface area (Å²) in [6.45, 7) is 0. The summed E-state index contributed by atoms with van der Waals surface area (Å²) in [7, 11) is 1.86. The van der Waals surface area contributed by atoms with E-state index in [-0.39, 0.29) is 5.96 Å². The van der Waals surface area contributed by atoms with Gasteiger partial charge in [-0.05, 0) is 6.07 Å². The number of aliphatic imine (C=N–C) groups is 1. The van der Waals surface area contributed by atoms with E-state index < -0.39 is 0 Å². The van der Waals surface area contributed by atoms with Crippen molar-refractivity contribution in [2.24, 2.45) is 23.5 Å². The molecule has 0 bridgehead atoms. The molecule has 0 saturated heterocycles. The molecule has 0 aliphatic heterocycles. The predicted octanol–water partition coefficient (Wildman–Crippen LogP) is 0.478. The Kier molecular flexibility index (Phi) is 1.85. The molecule has 0 aliphatic carbocycles. The lowest BCUT2D eigenvalue weighted by Crippen LogP contribution is -2.21. The van der Waals surface area contributed by atoms with Gasteiger partial charge in [-0.25, -0.2) is 4.99 Å². The largest absolute Gasteiger partial charge is 0.370 e. The molecule has 4 N–H and O–H groups in total. The lowest BCUT2D eigenvalue weighted by atomic mass is 10.2. The number of aryl methyl sites for hydroxylation is 1. The van der Waals surface area contributed by atoms with Crippen LogP contribution in [0.25, 0.3) is 10.9 Å². The van der Waals surface area contributed by atoms with Gasteiger partial charge >= 0.3 is 0 Å². The van der Waals surface area contributed by atoms with Gasteiger partial charge in [0, 0.05) is 12.4 Å². The molecule has 0 radical (unpaired) electrons. The van der Waals surface area contributed by atoms with Crippen LogP contribution in [0.3, 0.4) is 0 Å². The molecule has 0 aliphatic rings. The van der Waals surface area contributed by atoms with Crippen molar-refractivity contribution in [3.63, 3.8) is 0 Å². The summed E-state index contributed by atoms with van der Waals surface area (Å²) in [5.74, 6) is 0.0544. The quantitative estimate of drug-likeness (QED) is 0.505. The third-order valence-corrected chi connectivity index (χ3v) is 1.99. The smallest absolute Gasteiger partial charge is 0.191 e. The lowest BCUT2D eigenvalue weighted by molar-refractivity contribution is 0.797. The first kappa shape index (κ1) is 8.55. The van der Waals surface area contributed by atoms with Gasteiger partial charge in [0.15, 0.2) is 5.96 Å². The highest BCUT2D eigenvalue weighted by molar-refractivity contribution is 5.92. The van der Waals surface area contributed by atoms with Gasteiger partial charge in [0.25, 0.3) is 0 Å². The zero-order valence-electron chi connectivity index (χ0n) is 7.81. The zero-order chi connectivity index (χ0) is 10.1. The van der Waals surface area contributed by atoms with Gasteiger partial charge in [-0.3, -0.25) is 4.68 Å². The van der Waals surface area contributed by atoms with Gasteiger partial charge in [-0.15, -0.1) is 0 Å². The second-order valence-corrected chi connectivity index (χ2v) is 3.02. The normalized spacial score (nSPS) is 10.4. The maximum Gasteiger partial charge on any atom is 0.191 e. The SMILES string of the molecule is Cn1ncc2cccc(N=C(N)N)c21. The van der Waals surface area contributed by atoms with Crippen LogP contribution in [0, 0.1) is 0 Å². The molecule has 1 aromatic carbocycles. The van der Waals surface area contributed by atoms with E-state index >= 15 is 0 Å². The van der Waals surface area contributed by atoms with Crippen LogP contribution in [-0.2, 0) is 7.05 Å². The fourth-order valence-corrected chi connectivity index (χ4v) is 1.44. The zero-order valence-corrected chi connectivity index (χ0v) is 7.81. The molecule has 2 aromatic rings. The van der Waals surface area contributed by atoms with Crippen molar-refractivity contribution in [1.29, 1.82) is 0 Å². The van der Waals surface area contributed by atoms with Crippen LogP contribution in [-0.4, -0.2) is 15.7 Å². The van der Waals surface area contributed by atoms with Crippen LogP contribution in [0.4, 0.5) is 5.69 Å². The second-order valence-electron chi connectivity index (χ2n) is 3.02. The molecular weight excluding hydrogens is 178 g/mol. The summed E-state index contributed by atoms with van der Waals surface area (Å²) in [4.78, 5) is 4.03. The van der Waals surface area contributed by atoms with Crippen molar-refractivity contribution < 1.29 is 0 Å². The van der Waals surface area contributed by atoms with Crippen LogP contribution >= 0.6 is 0 Å². The van der Waals surface area contributed by atoms with E-state index in [0.29, 0.717) is 0 Å². The molecule has 0 saturated carbocycles. The average molecular weight is 189 g/mol. The van der Waals surface area contributed by atoms with Gasteiger partial charge in [-0.2, -0.15) is 5.10 Å². The van der Waals surface area contributed by atoms with Crippen LogP contribution in [0.2, 0.25) is 0 Å². The van der Waals surface area contributed by atoms with Crippen molar-refractivity contribution in [1.82, 2.24) is 9.78 Å². The number of hydrogen-bond donors (Lipinski definition) is 2. The molecule has 5 nitrogen and oxygen atoms in total. The number of rotatable bonds is 1. The predicted molar refractivity (Wildman–Crippen MR) is 56.2 cm³/mol. The molecular formula is C9H11N5. The highest BCUT2D eigenvalue weighted by Crippen LogP contribution is 2.24. The summed E-state index contributed by atoms with van der Waals surface area (Å²) in [5.41, 5.74) is 12.3. The minimum atomic E-state index is 0.0544. The minimum Gasteiger partial charge on any atom is -0.370 e. The number of hydrogen-bond acceptors (Lipinski definition) is 2. The van der Waals surface area contributed by atoms with Crippen molar-refractivity contribution in [2.45, 2.75) is 0 Å². The highest BCUT2D eigenvalue weighted by atomic mass is 15.3. The molecule has 0 amide bonds. The summed E-state index contributed by atoms with van der Waals surface area (Å²) in [6, 6.07) is 5.71. The monoisotopic (exact) mass is 189 g/mol. The molecule has 1 heterocycles. The summed E-state index contributed by atoms with van der Waals surface area (Å²) in [5, 5.41) is 5.15. The Labute approximate surface area is 81.0 Å². The number of fused-ring (bicyclic) bond motifs is 1. The molecule has 0 atom stereocenters. The molecule has 14 heavy (non-hydrogen) atoms. The Bertz CT molecular complexity index is 493. The fraction of sp³-hybridized carbons (Fsp3) is 0.111. The van der Waals surface area contributed by atoms with Gasteiger partial charge < -0.3 is 11.5 Å². The Hall–Kier alpha value is -2.04. The van der Waals surface area contributed by atoms with Crippen LogP contribution in [0.1, 0.15) is 0 Å². The van der Waals surface area contributed by atoms with E-state index in [1.165, 1.54) is 0 Å². The topological polar surface area (TPSA) is 82.2 Å². The Morgan fingerprint density at radius 2 is 2.21 bits per heavy atom. The third kappa shape index (κ3) is 1.28. The molecule has 72 valence electrons. The third-order valence-electron chi connectivity index (χ3n) is 1.99. The second kappa shape index (κ2) is 3.02. The average Bonchev–Trinajstić information content (AvgIpc) is 2.48. The number of aromatic nitrogens is 2. The van der Waals surface area contributed by atoms with E-state index in [1.807, 2.05) is 25.2 Å². The molecule has 0 unspecified atom stereocenters. The van der Waals surface area contributed by atoms with E-state index in [2.05, 4.69) is 10.1 Å². The lowest BCUT2D eigenvalue weighted by Gasteiger charge is -1.99. The van der Waals surface area contributed by atoms with Crippen LogP contribution < -0.4 is 11.5 Å². The maximum atomic E-state index is 5.33. The van der Waals surface area contributed by atoms with Gasteiger partial charge in [0.1, 0.15) is 0 Å². The highest BCUT2D eigenvalue weighted by Gasteiger charge is 2.03. The van der Waals surface area contributed by atoms with Gasteiger partial charge in [0.05, 0.1) is 17.4 Å². The van der Waals surface area contributed by atoms with Crippen molar-refractivity contribution >= 4 is 22.5 Å². The van der Waals surface area contributed by atoms with Crippen molar-refractivity contribution in [3.05, 3.63) is 24.4 Å². The number of nitrogens with two attached hydrogens (primary N) is 2. The van der Waals surface area contributed by atoms with E-state index in [0.717, 1.165) is 16.6 Å². The summed E-state index contributed by atoms with van der Waals surface area (Å²) in [6.07, 6.45) is 1.78. The number of para-hydroxylation sites is 1. The number of nitrogens with zero attached hydrogens (tertiary/aromatic N) is 3. The maximum absolute atomic E-state index is 5.33. The molecule has 1 aromatic heterocycles. The molecule has 0 spiro atoms. The Balaban J connectivity index is 2.75. The van der Waals surface area contributed by atoms with E-state index in [9.17, 15) is 0 Å². The van der Waals surface area contributed by atoms with Gasteiger partial charge in [0.2, 0.25) is 0 Å². The number of guanidine groups is 1. The standard InChI is InChI=1S/C9H11N5/c1-14-8-6(5-12-14)3-2-4-7(8)13-9(10)11/h2-5H,1H3,(H4,10,11,13). The van der Waals surface area contributed by atoms with Crippen molar-refractivity contribution in [2.75, 3.05) is 0 Å². The Morgan fingerprint density at radius 3 is 2.93 bits per heavy atom.